The maximum Gasteiger partial charge on any atom is 0.243 e. The van der Waals surface area contributed by atoms with Crippen LogP contribution in [0, 0.1) is 6.92 Å². The van der Waals surface area contributed by atoms with Crippen LogP contribution in [0.4, 0.5) is 11.4 Å². The summed E-state index contributed by atoms with van der Waals surface area (Å²) < 4.78 is 6.19. The maximum absolute atomic E-state index is 12.0. The minimum atomic E-state index is -0.114. The van der Waals surface area contributed by atoms with Crippen molar-refractivity contribution in [2.24, 2.45) is 0 Å². The van der Waals surface area contributed by atoms with Crippen molar-refractivity contribution in [1.29, 1.82) is 0 Å². The summed E-state index contributed by atoms with van der Waals surface area (Å²) in [5.74, 6) is 0.604. The van der Waals surface area contributed by atoms with E-state index in [1.54, 1.807) is 7.11 Å². The molecule has 110 valence electrons. The van der Waals surface area contributed by atoms with Crippen LogP contribution in [0.5, 0.6) is 5.75 Å². The van der Waals surface area contributed by atoms with E-state index in [0.717, 1.165) is 27.2 Å². The number of nitrogens with one attached hydrogen (secondary N) is 2. The van der Waals surface area contributed by atoms with Gasteiger partial charge in [0.2, 0.25) is 5.91 Å². The number of hydrogen-bond donors (Lipinski definition) is 2. The van der Waals surface area contributed by atoms with Gasteiger partial charge in [-0.05, 0) is 42.8 Å². The molecule has 4 nitrogen and oxygen atoms in total. The average Bonchev–Trinajstić information content (AvgIpc) is 2.45. The summed E-state index contributed by atoms with van der Waals surface area (Å²) >= 11 is 3.37. The Morgan fingerprint density at radius 2 is 2.05 bits per heavy atom. The second-order valence-corrected chi connectivity index (χ2v) is 5.53. The number of carbonyl (C=O) groups is 1. The largest absolute Gasteiger partial charge is 0.495 e. The minimum Gasteiger partial charge on any atom is -0.495 e. The third-order valence-electron chi connectivity index (χ3n) is 2.90. The number of rotatable bonds is 5. The van der Waals surface area contributed by atoms with E-state index in [-0.39, 0.29) is 12.5 Å². The Bertz CT molecular complexity index is 644. The first kappa shape index (κ1) is 15.4. The van der Waals surface area contributed by atoms with Crippen LogP contribution >= 0.6 is 15.9 Å². The van der Waals surface area contributed by atoms with Gasteiger partial charge in [-0.2, -0.15) is 0 Å². The molecule has 0 radical (unpaired) electrons. The molecule has 0 fully saturated rings. The normalized spacial score (nSPS) is 10.0. The molecule has 0 aliphatic rings. The fourth-order valence-electron chi connectivity index (χ4n) is 1.91. The van der Waals surface area contributed by atoms with E-state index in [2.05, 4.69) is 26.6 Å². The Labute approximate surface area is 132 Å². The second-order valence-electron chi connectivity index (χ2n) is 4.62. The molecule has 0 saturated heterocycles. The minimum absolute atomic E-state index is 0.114. The molecular weight excluding hydrogens is 332 g/mol. The first-order valence-electron chi connectivity index (χ1n) is 6.52. The van der Waals surface area contributed by atoms with E-state index in [4.69, 9.17) is 4.74 Å². The van der Waals surface area contributed by atoms with E-state index in [1.165, 1.54) is 0 Å². The summed E-state index contributed by atoms with van der Waals surface area (Å²) in [7, 11) is 1.61. The first-order chi connectivity index (χ1) is 10.1. The molecule has 0 aliphatic carbocycles. The summed E-state index contributed by atoms with van der Waals surface area (Å²) in [6, 6.07) is 13.3. The van der Waals surface area contributed by atoms with Crippen molar-refractivity contribution >= 4 is 33.2 Å². The van der Waals surface area contributed by atoms with E-state index in [9.17, 15) is 4.79 Å². The molecule has 2 aromatic carbocycles. The van der Waals surface area contributed by atoms with E-state index >= 15 is 0 Å². The topological polar surface area (TPSA) is 50.4 Å². The lowest BCUT2D eigenvalue weighted by Gasteiger charge is -2.12. The molecule has 0 atom stereocenters. The van der Waals surface area contributed by atoms with Gasteiger partial charge in [0.05, 0.1) is 19.3 Å². The highest BCUT2D eigenvalue weighted by molar-refractivity contribution is 9.10. The van der Waals surface area contributed by atoms with Gasteiger partial charge in [0, 0.05) is 10.2 Å². The molecule has 0 heterocycles. The zero-order chi connectivity index (χ0) is 15.2. The molecule has 2 aromatic rings. The zero-order valence-corrected chi connectivity index (χ0v) is 13.5. The van der Waals surface area contributed by atoms with Crippen molar-refractivity contribution in [1.82, 2.24) is 0 Å². The number of anilines is 2. The molecule has 21 heavy (non-hydrogen) atoms. The Hall–Kier alpha value is -2.01. The highest BCUT2D eigenvalue weighted by Crippen LogP contribution is 2.24. The van der Waals surface area contributed by atoms with E-state index < -0.39 is 0 Å². The Balaban J connectivity index is 1.96. The lowest BCUT2D eigenvalue weighted by molar-refractivity contribution is -0.114. The van der Waals surface area contributed by atoms with Gasteiger partial charge < -0.3 is 15.4 Å². The summed E-state index contributed by atoms with van der Waals surface area (Å²) in [6.07, 6.45) is 0. The highest BCUT2D eigenvalue weighted by Gasteiger charge is 2.06. The summed E-state index contributed by atoms with van der Waals surface area (Å²) in [5.41, 5.74) is 2.67. The Morgan fingerprint density at radius 3 is 2.76 bits per heavy atom. The third-order valence-corrected chi connectivity index (χ3v) is 3.40. The number of methoxy groups -OCH3 is 1. The number of carbonyl (C=O) groups excluding carboxylic acids is 1. The van der Waals surface area contributed by atoms with Crippen LogP contribution in [-0.2, 0) is 4.79 Å². The van der Waals surface area contributed by atoms with Crippen LogP contribution in [0.25, 0.3) is 0 Å². The van der Waals surface area contributed by atoms with Crippen molar-refractivity contribution in [3.05, 3.63) is 52.5 Å². The molecule has 5 heteroatoms. The van der Waals surface area contributed by atoms with Crippen LogP contribution in [0.1, 0.15) is 5.56 Å². The van der Waals surface area contributed by atoms with Gasteiger partial charge in [0.15, 0.2) is 0 Å². The van der Waals surface area contributed by atoms with Gasteiger partial charge >= 0.3 is 0 Å². The lowest BCUT2D eigenvalue weighted by atomic mass is 10.2. The smallest absolute Gasteiger partial charge is 0.243 e. The maximum atomic E-state index is 12.0. The fraction of sp³-hybridized carbons (Fsp3) is 0.188. The number of benzene rings is 2. The highest BCUT2D eigenvalue weighted by atomic mass is 79.9. The quantitative estimate of drug-likeness (QED) is 0.863. The van der Waals surface area contributed by atoms with Crippen molar-refractivity contribution in [3.63, 3.8) is 0 Å². The number of amides is 1. The molecule has 0 aliphatic heterocycles. The predicted octanol–water partition coefficient (Wildman–Crippen LogP) is 3.82. The Kier molecular flexibility index (Phi) is 5.22. The number of hydrogen-bond acceptors (Lipinski definition) is 3. The first-order valence-corrected chi connectivity index (χ1v) is 7.31. The van der Waals surface area contributed by atoms with Gasteiger partial charge in [-0.25, -0.2) is 0 Å². The van der Waals surface area contributed by atoms with Crippen molar-refractivity contribution in [3.8, 4) is 5.75 Å². The van der Waals surface area contributed by atoms with Gasteiger partial charge in [-0.15, -0.1) is 0 Å². The summed E-state index contributed by atoms with van der Waals surface area (Å²) in [5, 5.41) is 5.92. The number of aryl methyl sites for hydroxylation is 1. The van der Waals surface area contributed by atoms with Crippen LogP contribution in [0.2, 0.25) is 0 Å². The van der Waals surface area contributed by atoms with E-state index in [0.29, 0.717) is 0 Å². The zero-order valence-electron chi connectivity index (χ0n) is 11.9. The van der Waals surface area contributed by atoms with Crippen molar-refractivity contribution in [2.75, 3.05) is 24.3 Å². The summed E-state index contributed by atoms with van der Waals surface area (Å²) in [4.78, 5) is 12.0. The Morgan fingerprint density at radius 1 is 1.24 bits per heavy atom. The molecule has 0 spiro atoms. The number of ether oxygens (including phenoxy) is 1. The number of halogens is 1. The lowest BCUT2D eigenvalue weighted by Crippen LogP contribution is -2.22. The molecule has 0 aromatic heterocycles. The van der Waals surface area contributed by atoms with Crippen molar-refractivity contribution < 1.29 is 9.53 Å². The van der Waals surface area contributed by atoms with Gasteiger partial charge in [-0.3, -0.25) is 4.79 Å². The van der Waals surface area contributed by atoms with Gasteiger partial charge in [0.25, 0.3) is 0 Å². The molecule has 2 rings (SSSR count). The molecule has 1 amide bonds. The molecule has 0 unspecified atom stereocenters. The van der Waals surface area contributed by atoms with Crippen LogP contribution in [-0.4, -0.2) is 19.6 Å². The molecule has 0 saturated carbocycles. The molecule has 0 bridgehead atoms. The monoisotopic (exact) mass is 348 g/mol. The van der Waals surface area contributed by atoms with E-state index in [1.807, 2.05) is 49.4 Å². The van der Waals surface area contributed by atoms with Gasteiger partial charge in [-0.1, -0.05) is 28.1 Å². The summed E-state index contributed by atoms with van der Waals surface area (Å²) in [6.45, 7) is 2.17. The predicted molar refractivity (Wildman–Crippen MR) is 89.0 cm³/mol. The average molecular weight is 349 g/mol. The van der Waals surface area contributed by atoms with Crippen LogP contribution in [0.15, 0.2) is 46.9 Å². The van der Waals surface area contributed by atoms with Gasteiger partial charge in [0.1, 0.15) is 5.75 Å². The van der Waals surface area contributed by atoms with Crippen LogP contribution in [0.3, 0.4) is 0 Å². The SMILES string of the molecule is COc1ccc(C)cc1NCC(=O)Nc1cccc(Br)c1. The van der Waals surface area contributed by atoms with Crippen LogP contribution < -0.4 is 15.4 Å². The third kappa shape index (κ3) is 4.49. The fourth-order valence-corrected chi connectivity index (χ4v) is 2.31. The van der Waals surface area contributed by atoms with Crippen molar-refractivity contribution in [2.45, 2.75) is 6.92 Å². The molecule has 2 N–H and O–H groups in total. The standard InChI is InChI=1S/C16H17BrN2O2/c1-11-6-7-15(21-2)14(8-11)18-10-16(20)19-13-5-3-4-12(17)9-13/h3-9,18H,10H2,1-2H3,(H,19,20). The second kappa shape index (κ2) is 7.13. The molecular formula is C16H17BrN2O2.